The highest BCUT2D eigenvalue weighted by Crippen LogP contribution is 2.23. The molecule has 2 aliphatic rings. The van der Waals surface area contributed by atoms with E-state index in [9.17, 15) is 4.79 Å². The van der Waals surface area contributed by atoms with Crippen LogP contribution in [0.4, 0.5) is 0 Å². The fraction of sp³-hybridized carbons (Fsp3) is 0.412. The number of morpholine rings is 1. The molecule has 0 saturated carbocycles. The van der Waals surface area contributed by atoms with E-state index in [1.807, 2.05) is 29.2 Å². The predicted octanol–water partition coefficient (Wildman–Crippen LogP) is 1.68. The number of carbonyl (C=O) groups is 1. The Bertz CT molecular complexity index is 763. The molecule has 0 bridgehead atoms. The van der Waals surface area contributed by atoms with Gasteiger partial charge in [0.2, 0.25) is 0 Å². The van der Waals surface area contributed by atoms with Crippen molar-refractivity contribution in [3.8, 4) is 5.69 Å². The van der Waals surface area contributed by atoms with Gasteiger partial charge in [-0.15, -0.1) is 0 Å². The van der Waals surface area contributed by atoms with Crippen LogP contribution in [-0.4, -0.2) is 70.9 Å². The summed E-state index contributed by atoms with van der Waals surface area (Å²) < 4.78 is 7.48. The zero-order chi connectivity index (χ0) is 16.7. The Morgan fingerprint density at radius 3 is 3.04 bits per heavy atom. The number of hydrogen-bond donors (Lipinski definition) is 0. The summed E-state index contributed by atoms with van der Waals surface area (Å²) in [6.45, 7) is 2.97. The van der Waals surface area contributed by atoms with Gasteiger partial charge in [-0.1, -0.05) is 17.7 Å². The molecule has 2 atom stereocenters. The van der Waals surface area contributed by atoms with Gasteiger partial charge >= 0.3 is 0 Å². The van der Waals surface area contributed by atoms with E-state index < -0.39 is 0 Å². The molecule has 3 heterocycles. The summed E-state index contributed by atoms with van der Waals surface area (Å²) in [5, 5.41) is 4.93. The van der Waals surface area contributed by atoms with Crippen molar-refractivity contribution < 1.29 is 9.53 Å². The van der Waals surface area contributed by atoms with Crippen LogP contribution < -0.4 is 0 Å². The van der Waals surface area contributed by atoms with Gasteiger partial charge in [0, 0.05) is 30.9 Å². The fourth-order valence-electron chi connectivity index (χ4n) is 3.40. The molecule has 0 N–H and O–H groups in total. The maximum Gasteiger partial charge on any atom is 0.257 e. The van der Waals surface area contributed by atoms with Crippen LogP contribution in [0.25, 0.3) is 5.69 Å². The van der Waals surface area contributed by atoms with E-state index in [2.05, 4.69) is 17.0 Å². The van der Waals surface area contributed by atoms with E-state index in [-0.39, 0.29) is 18.1 Å². The lowest BCUT2D eigenvalue weighted by atomic mass is 10.1. The summed E-state index contributed by atoms with van der Waals surface area (Å²) in [5.74, 6) is -0.00493. The molecule has 1 aromatic heterocycles. The van der Waals surface area contributed by atoms with Gasteiger partial charge in [-0.05, 0) is 25.2 Å². The number of amides is 1. The van der Waals surface area contributed by atoms with Gasteiger partial charge in [0.05, 0.1) is 36.2 Å². The molecule has 2 saturated heterocycles. The molecule has 7 heteroatoms. The quantitative estimate of drug-likeness (QED) is 0.830. The van der Waals surface area contributed by atoms with E-state index in [1.165, 1.54) is 0 Å². The summed E-state index contributed by atoms with van der Waals surface area (Å²) in [6.07, 6.45) is 3.46. The number of likely N-dealkylation sites (tertiary alicyclic amines) is 1. The van der Waals surface area contributed by atoms with E-state index in [1.54, 1.807) is 17.1 Å². The van der Waals surface area contributed by atoms with Crippen LogP contribution in [0.2, 0.25) is 5.02 Å². The Morgan fingerprint density at radius 2 is 2.25 bits per heavy atom. The van der Waals surface area contributed by atoms with Gasteiger partial charge in [-0.25, -0.2) is 4.68 Å². The van der Waals surface area contributed by atoms with Crippen LogP contribution in [0, 0.1) is 0 Å². The van der Waals surface area contributed by atoms with Crippen LogP contribution in [0.1, 0.15) is 10.4 Å². The molecule has 1 aromatic carbocycles. The average molecular weight is 347 g/mol. The van der Waals surface area contributed by atoms with E-state index in [4.69, 9.17) is 16.3 Å². The van der Waals surface area contributed by atoms with Crippen molar-refractivity contribution in [1.29, 1.82) is 0 Å². The summed E-state index contributed by atoms with van der Waals surface area (Å²) in [5.41, 5.74) is 1.41. The highest BCUT2D eigenvalue weighted by atomic mass is 35.5. The van der Waals surface area contributed by atoms with Crippen molar-refractivity contribution in [3.63, 3.8) is 0 Å². The number of hydrogen-bond acceptors (Lipinski definition) is 4. The highest BCUT2D eigenvalue weighted by Gasteiger charge is 2.40. The lowest BCUT2D eigenvalue weighted by Gasteiger charge is -2.33. The third kappa shape index (κ3) is 2.81. The second-order valence-electron chi connectivity index (χ2n) is 6.32. The molecule has 126 valence electrons. The van der Waals surface area contributed by atoms with Crippen molar-refractivity contribution in [1.82, 2.24) is 19.6 Å². The SMILES string of the molecule is CN1CCO[C@@H]2CN(C(=O)c3cnn(-c4cccc(Cl)c4)c3)C[C@@H]21. The molecule has 0 spiro atoms. The normalized spacial score (nSPS) is 24.2. The van der Waals surface area contributed by atoms with Crippen LogP contribution in [-0.2, 0) is 4.74 Å². The monoisotopic (exact) mass is 346 g/mol. The van der Waals surface area contributed by atoms with E-state index in [0.29, 0.717) is 23.7 Å². The third-order valence-electron chi connectivity index (χ3n) is 4.77. The molecule has 2 aromatic rings. The number of aromatic nitrogens is 2. The number of ether oxygens (including phenoxy) is 1. The van der Waals surface area contributed by atoms with Gasteiger partial charge in [0.1, 0.15) is 0 Å². The van der Waals surface area contributed by atoms with Crippen molar-refractivity contribution in [2.24, 2.45) is 0 Å². The minimum atomic E-state index is -0.00493. The fourth-order valence-corrected chi connectivity index (χ4v) is 3.58. The highest BCUT2D eigenvalue weighted by molar-refractivity contribution is 6.30. The molecule has 0 unspecified atom stereocenters. The molecule has 24 heavy (non-hydrogen) atoms. The first kappa shape index (κ1) is 15.6. The van der Waals surface area contributed by atoms with Crippen molar-refractivity contribution in [2.45, 2.75) is 12.1 Å². The van der Waals surface area contributed by atoms with Crippen molar-refractivity contribution in [2.75, 3.05) is 33.3 Å². The Balaban J connectivity index is 1.52. The number of nitrogens with zero attached hydrogens (tertiary/aromatic N) is 4. The molecule has 0 radical (unpaired) electrons. The number of fused-ring (bicyclic) bond motifs is 1. The predicted molar refractivity (Wildman–Crippen MR) is 90.6 cm³/mol. The van der Waals surface area contributed by atoms with Crippen LogP contribution >= 0.6 is 11.6 Å². The smallest absolute Gasteiger partial charge is 0.257 e. The average Bonchev–Trinajstić information content (AvgIpc) is 3.22. The standard InChI is InChI=1S/C17H19ClN4O2/c1-20-5-6-24-16-11-21(10-15(16)20)17(23)12-8-19-22(9-12)14-4-2-3-13(18)7-14/h2-4,7-9,15-16H,5-6,10-11H2,1H3/t15-,16+/m0/s1. The lowest BCUT2D eigenvalue weighted by molar-refractivity contribution is -0.0368. The second kappa shape index (κ2) is 6.20. The Kier molecular flexibility index (Phi) is 4.04. The number of carbonyl (C=O) groups excluding carboxylic acids is 1. The maximum absolute atomic E-state index is 12.8. The lowest BCUT2D eigenvalue weighted by Crippen LogP contribution is -2.48. The molecule has 2 fully saturated rings. The molecule has 0 aliphatic carbocycles. The summed E-state index contributed by atoms with van der Waals surface area (Å²) >= 11 is 6.02. The van der Waals surface area contributed by atoms with Gasteiger partial charge in [-0.3, -0.25) is 9.69 Å². The molecule has 6 nitrogen and oxygen atoms in total. The Morgan fingerprint density at radius 1 is 1.38 bits per heavy atom. The topological polar surface area (TPSA) is 50.6 Å². The molecular formula is C17H19ClN4O2. The summed E-state index contributed by atoms with van der Waals surface area (Å²) in [7, 11) is 2.09. The number of likely N-dealkylation sites (N-methyl/N-ethyl adjacent to an activating group) is 1. The van der Waals surface area contributed by atoms with Crippen LogP contribution in [0.15, 0.2) is 36.7 Å². The molecule has 4 rings (SSSR count). The Labute approximate surface area is 145 Å². The van der Waals surface area contributed by atoms with Crippen LogP contribution in [0.5, 0.6) is 0 Å². The summed E-state index contributed by atoms with van der Waals surface area (Å²) in [4.78, 5) is 16.9. The van der Waals surface area contributed by atoms with E-state index in [0.717, 1.165) is 18.8 Å². The van der Waals surface area contributed by atoms with Gasteiger partial charge < -0.3 is 9.64 Å². The van der Waals surface area contributed by atoms with Crippen LogP contribution in [0.3, 0.4) is 0 Å². The van der Waals surface area contributed by atoms with Gasteiger partial charge in [-0.2, -0.15) is 5.10 Å². The molecular weight excluding hydrogens is 328 g/mol. The summed E-state index contributed by atoms with van der Waals surface area (Å²) in [6, 6.07) is 7.67. The first-order chi connectivity index (χ1) is 11.6. The zero-order valence-electron chi connectivity index (χ0n) is 13.4. The van der Waals surface area contributed by atoms with Gasteiger partial charge in [0.25, 0.3) is 5.91 Å². The zero-order valence-corrected chi connectivity index (χ0v) is 14.2. The first-order valence-corrected chi connectivity index (χ1v) is 8.41. The maximum atomic E-state index is 12.8. The number of halogens is 1. The number of rotatable bonds is 2. The van der Waals surface area contributed by atoms with Crippen molar-refractivity contribution >= 4 is 17.5 Å². The minimum Gasteiger partial charge on any atom is -0.373 e. The largest absolute Gasteiger partial charge is 0.373 e. The second-order valence-corrected chi connectivity index (χ2v) is 6.76. The molecule has 1 amide bonds. The van der Waals surface area contributed by atoms with Gasteiger partial charge in [0.15, 0.2) is 0 Å². The molecule has 2 aliphatic heterocycles. The number of benzene rings is 1. The third-order valence-corrected chi connectivity index (χ3v) is 5.00. The first-order valence-electron chi connectivity index (χ1n) is 8.03. The van der Waals surface area contributed by atoms with Crippen molar-refractivity contribution in [3.05, 3.63) is 47.2 Å². The minimum absolute atomic E-state index is 0.00493. The Hall–Kier alpha value is -1.89. The van der Waals surface area contributed by atoms with E-state index >= 15 is 0 Å².